The average molecular weight is 380 g/mol. The molecule has 0 unspecified atom stereocenters. The van der Waals surface area contributed by atoms with Crippen LogP contribution in [0.15, 0.2) is 42.5 Å². The molecule has 5 nitrogen and oxygen atoms in total. The van der Waals surface area contributed by atoms with Gasteiger partial charge in [-0.3, -0.25) is 4.79 Å². The summed E-state index contributed by atoms with van der Waals surface area (Å²) >= 11 is 0. The first kappa shape index (κ1) is 18.7. The third kappa shape index (κ3) is 4.42. The molecule has 0 radical (unpaired) electrons. The summed E-state index contributed by atoms with van der Waals surface area (Å²) in [6.07, 6.45) is 5.46. The maximum absolute atomic E-state index is 12.3. The molecule has 1 fully saturated rings. The molecule has 0 bridgehead atoms. The Bertz CT molecular complexity index is 850. The van der Waals surface area contributed by atoms with E-state index < -0.39 is 5.97 Å². The minimum atomic E-state index is -0.514. The van der Waals surface area contributed by atoms with Crippen LogP contribution in [-0.2, 0) is 22.3 Å². The van der Waals surface area contributed by atoms with Crippen molar-refractivity contribution in [3.05, 3.63) is 64.7 Å². The second-order valence-corrected chi connectivity index (χ2v) is 7.31. The number of esters is 1. The lowest BCUT2D eigenvalue weighted by Crippen LogP contribution is -2.16. The van der Waals surface area contributed by atoms with Crippen molar-refractivity contribution in [2.45, 2.75) is 38.2 Å². The Balaban J connectivity index is 1.27. The van der Waals surface area contributed by atoms with E-state index in [1.165, 1.54) is 11.1 Å². The Kier molecular flexibility index (Phi) is 5.72. The van der Waals surface area contributed by atoms with Gasteiger partial charge in [0.05, 0.1) is 11.7 Å². The highest BCUT2D eigenvalue weighted by atomic mass is 16.5. The van der Waals surface area contributed by atoms with Crippen LogP contribution >= 0.6 is 0 Å². The highest BCUT2D eigenvalue weighted by Gasteiger charge is 2.17. The Labute approximate surface area is 164 Å². The highest BCUT2D eigenvalue weighted by Crippen LogP contribution is 2.23. The van der Waals surface area contributed by atoms with Crippen LogP contribution in [0.25, 0.3) is 0 Å². The number of carbonyl (C=O) groups excluding carboxylic acids is 2. The maximum Gasteiger partial charge on any atom is 0.338 e. The molecular weight excluding hydrogens is 356 g/mol. The first-order chi connectivity index (χ1) is 13.7. The minimum Gasteiger partial charge on any atom is -0.491 e. The Hall–Kier alpha value is -2.66. The van der Waals surface area contributed by atoms with Crippen molar-refractivity contribution in [3.8, 4) is 5.75 Å². The maximum atomic E-state index is 12.3. The van der Waals surface area contributed by atoms with Crippen LogP contribution in [0.4, 0.5) is 0 Å². The van der Waals surface area contributed by atoms with Gasteiger partial charge in [-0.05, 0) is 73.6 Å². The molecule has 4 rings (SSSR count). The number of hydrogen-bond donors (Lipinski definition) is 0. The van der Waals surface area contributed by atoms with E-state index in [4.69, 9.17) is 14.2 Å². The monoisotopic (exact) mass is 380 g/mol. The number of carbonyl (C=O) groups is 2. The molecule has 2 aromatic rings. The number of benzene rings is 2. The van der Waals surface area contributed by atoms with Crippen molar-refractivity contribution in [1.29, 1.82) is 0 Å². The summed E-state index contributed by atoms with van der Waals surface area (Å²) in [6, 6.07) is 12.5. The summed E-state index contributed by atoms with van der Waals surface area (Å²) in [5, 5.41) is 0. The van der Waals surface area contributed by atoms with Gasteiger partial charge in [0.2, 0.25) is 0 Å². The lowest BCUT2D eigenvalue weighted by molar-refractivity contribution is 0.0474. The second kappa shape index (κ2) is 8.57. The van der Waals surface area contributed by atoms with Crippen LogP contribution < -0.4 is 4.74 Å². The fourth-order valence-electron chi connectivity index (χ4n) is 3.70. The van der Waals surface area contributed by atoms with Crippen LogP contribution in [-0.4, -0.2) is 37.7 Å². The standard InChI is InChI=1S/C23H24O5/c24-22(19-7-6-16-3-1-4-18(16)13-19)15-28-23(25)17-8-10-20(11-9-17)27-14-21-5-2-12-26-21/h6-11,13,21H,1-5,12,14-15H2/t21-/m1/s1. The van der Waals surface area contributed by atoms with Gasteiger partial charge in [0.25, 0.3) is 0 Å². The predicted octanol–water partition coefficient (Wildman–Crippen LogP) is 3.77. The molecule has 0 saturated carbocycles. The fourth-order valence-corrected chi connectivity index (χ4v) is 3.70. The molecule has 5 heteroatoms. The molecule has 0 amide bonds. The number of Topliss-reactive ketones (excluding diaryl/α,β-unsaturated/α-hetero) is 1. The quantitative estimate of drug-likeness (QED) is 0.540. The first-order valence-corrected chi connectivity index (χ1v) is 9.85. The van der Waals surface area contributed by atoms with Crippen LogP contribution in [0.1, 0.15) is 51.1 Å². The molecule has 146 valence electrons. The lowest BCUT2D eigenvalue weighted by atomic mass is 10.0. The first-order valence-electron chi connectivity index (χ1n) is 9.85. The van der Waals surface area contributed by atoms with E-state index in [0.717, 1.165) is 38.7 Å². The fraction of sp³-hybridized carbons (Fsp3) is 0.391. The van der Waals surface area contributed by atoms with Gasteiger partial charge in [0.15, 0.2) is 12.4 Å². The predicted molar refractivity (Wildman–Crippen MR) is 104 cm³/mol. The van der Waals surface area contributed by atoms with Crippen molar-refractivity contribution in [3.63, 3.8) is 0 Å². The third-order valence-electron chi connectivity index (χ3n) is 5.30. The summed E-state index contributed by atoms with van der Waals surface area (Å²) in [5.74, 6) is -0.0129. The highest BCUT2D eigenvalue weighted by molar-refractivity contribution is 5.99. The summed E-state index contributed by atoms with van der Waals surface area (Å²) in [5.41, 5.74) is 3.55. The van der Waals surface area contributed by atoms with Crippen LogP contribution in [0.3, 0.4) is 0 Å². The van der Waals surface area contributed by atoms with E-state index in [2.05, 4.69) is 0 Å². The van der Waals surface area contributed by atoms with Gasteiger partial charge in [-0.2, -0.15) is 0 Å². The summed E-state index contributed by atoms with van der Waals surface area (Å²) in [6.45, 7) is 1.05. The average Bonchev–Trinajstić information content (AvgIpc) is 3.41. The van der Waals surface area contributed by atoms with Crippen LogP contribution in [0.5, 0.6) is 5.75 Å². The van der Waals surface area contributed by atoms with E-state index in [-0.39, 0.29) is 18.5 Å². The molecule has 1 aliphatic carbocycles. The molecule has 0 spiro atoms. The molecule has 1 aliphatic heterocycles. The minimum absolute atomic E-state index is 0.148. The van der Waals surface area contributed by atoms with Crippen molar-refractivity contribution in [2.75, 3.05) is 19.8 Å². The number of hydrogen-bond acceptors (Lipinski definition) is 5. The molecule has 2 aromatic carbocycles. The second-order valence-electron chi connectivity index (χ2n) is 7.31. The van der Waals surface area contributed by atoms with Gasteiger partial charge in [0.1, 0.15) is 12.4 Å². The Morgan fingerprint density at radius 3 is 2.54 bits per heavy atom. The zero-order valence-corrected chi connectivity index (χ0v) is 15.8. The van der Waals surface area contributed by atoms with Crippen LogP contribution in [0.2, 0.25) is 0 Å². The van der Waals surface area contributed by atoms with Gasteiger partial charge < -0.3 is 14.2 Å². The van der Waals surface area contributed by atoms with E-state index in [1.807, 2.05) is 18.2 Å². The summed E-state index contributed by atoms with van der Waals surface area (Å²) in [4.78, 5) is 24.5. The van der Waals surface area contributed by atoms with Gasteiger partial charge in [-0.25, -0.2) is 4.79 Å². The molecule has 2 aliphatic rings. The van der Waals surface area contributed by atoms with Crippen molar-refractivity contribution in [1.82, 2.24) is 0 Å². The molecule has 1 atom stereocenters. The van der Waals surface area contributed by atoms with Crippen molar-refractivity contribution >= 4 is 11.8 Å². The van der Waals surface area contributed by atoms with Crippen molar-refractivity contribution in [2.24, 2.45) is 0 Å². The van der Waals surface area contributed by atoms with Crippen molar-refractivity contribution < 1.29 is 23.8 Å². The molecule has 1 heterocycles. The zero-order valence-electron chi connectivity index (χ0n) is 15.8. The molecule has 0 N–H and O–H groups in total. The van der Waals surface area contributed by atoms with E-state index in [0.29, 0.717) is 23.5 Å². The molecule has 1 saturated heterocycles. The van der Waals surface area contributed by atoms with Gasteiger partial charge >= 0.3 is 5.97 Å². The number of ether oxygens (including phenoxy) is 3. The topological polar surface area (TPSA) is 61.8 Å². The van der Waals surface area contributed by atoms with Gasteiger partial charge in [-0.1, -0.05) is 12.1 Å². The van der Waals surface area contributed by atoms with Gasteiger partial charge in [0, 0.05) is 12.2 Å². The Morgan fingerprint density at radius 1 is 0.964 bits per heavy atom. The largest absolute Gasteiger partial charge is 0.491 e. The molecular formula is C23H24O5. The zero-order chi connectivity index (χ0) is 19.3. The Morgan fingerprint density at radius 2 is 1.75 bits per heavy atom. The number of rotatable bonds is 7. The van der Waals surface area contributed by atoms with E-state index in [1.54, 1.807) is 24.3 Å². The lowest BCUT2D eigenvalue weighted by Gasteiger charge is -2.11. The number of fused-ring (bicyclic) bond motifs is 1. The summed E-state index contributed by atoms with van der Waals surface area (Å²) < 4.78 is 16.4. The molecule has 0 aromatic heterocycles. The smallest absolute Gasteiger partial charge is 0.338 e. The number of ketones is 1. The third-order valence-corrected chi connectivity index (χ3v) is 5.30. The van der Waals surface area contributed by atoms with E-state index in [9.17, 15) is 9.59 Å². The normalized spacial score (nSPS) is 17.9. The SMILES string of the molecule is O=C(COC(=O)c1ccc(OC[C@H]2CCCO2)cc1)c1ccc2c(c1)CCC2. The van der Waals surface area contributed by atoms with Gasteiger partial charge in [-0.15, -0.1) is 0 Å². The van der Waals surface area contributed by atoms with Crippen LogP contribution in [0, 0.1) is 0 Å². The molecule has 28 heavy (non-hydrogen) atoms. The summed E-state index contributed by atoms with van der Waals surface area (Å²) in [7, 11) is 0. The number of aryl methyl sites for hydroxylation is 2. The van der Waals surface area contributed by atoms with E-state index >= 15 is 0 Å².